The minimum atomic E-state index is -4.84. The summed E-state index contributed by atoms with van der Waals surface area (Å²) in [6, 6.07) is 35.4. The van der Waals surface area contributed by atoms with E-state index < -0.39 is 20.2 Å². The van der Waals surface area contributed by atoms with E-state index in [4.69, 9.17) is 0 Å². The molecule has 0 amide bonds. The van der Waals surface area contributed by atoms with Gasteiger partial charge >= 0.3 is 59.1 Å². The van der Waals surface area contributed by atoms with E-state index in [-0.39, 0.29) is 79.7 Å². The van der Waals surface area contributed by atoms with Gasteiger partial charge in [0, 0.05) is 43.7 Å². The second-order valence-corrected chi connectivity index (χ2v) is 14.1. The van der Waals surface area contributed by atoms with Gasteiger partial charge in [0.05, 0.1) is 32.5 Å². The Labute approximate surface area is 344 Å². The molecule has 248 valence electrons. The fourth-order valence-corrected chi connectivity index (χ4v) is 7.18. The number of hydrogen-bond acceptors (Lipinski definition) is 11. The fourth-order valence-electron chi connectivity index (χ4n) is 5.78. The molecule has 0 saturated heterocycles. The van der Waals surface area contributed by atoms with Crippen LogP contribution in [0.2, 0.25) is 0 Å². The van der Waals surface area contributed by atoms with Crippen LogP contribution in [0.15, 0.2) is 158 Å². The average molecular weight is 746 g/mol. The number of aryl methyl sites for hydroxylation is 1. The van der Waals surface area contributed by atoms with Gasteiger partial charge in [-0.25, -0.2) is 16.8 Å². The summed E-state index contributed by atoms with van der Waals surface area (Å²) in [6.07, 6.45) is 0. The smallest absolute Gasteiger partial charge is 0.744 e. The summed E-state index contributed by atoms with van der Waals surface area (Å²) < 4.78 is 72.4. The summed E-state index contributed by atoms with van der Waals surface area (Å²) in [7, 11) is -9.53. The predicted molar refractivity (Wildman–Crippen MR) is 191 cm³/mol. The van der Waals surface area contributed by atoms with Crippen LogP contribution in [0.5, 0.6) is 0 Å². The summed E-state index contributed by atoms with van der Waals surface area (Å²) in [5, 5.41) is 23.8. The molecular formula is C37H25N5Na2O6S2. The van der Waals surface area contributed by atoms with E-state index in [9.17, 15) is 25.9 Å². The van der Waals surface area contributed by atoms with E-state index in [1.807, 2.05) is 55.5 Å². The molecule has 0 aromatic heterocycles. The summed E-state index contributed by atoms with van der Waals surface area (Å²) in [5.41, 5.74) is 3.94. The third kappa shape index (κ3) is 8.19. The molecule has 0 aliphatic heterocycles. The molecule has 0 aliphatic rings. The average Bonchev–Trinajstić information content (AvgIpc) is 3.10. The van der Waals surface area contributed by atoms with Crippen molar-refractivity contribution >= 4 is 86.7 Å². The fraction of sp³-hybridized carbons (Fsp3) is 0.0270. The number of nitrogens with zero attached hydrogens (tertiary/aromatic N) is 4. The summed E-state index contributed by atoms with van der Waals surface area (Å²) in [6.45, 7) is 1.96. The number of anilines is 2. The Kier molecular flexibility index (Phi) is 12.1. The zero-order valence-corrected chi connectivity index (χ0v) is 33.8. The Morgan fingerprint density at radius 1 is 0.462 bits per heavy atom. The van der Waals surface area contributed by atoms with Crippen LogP contribution >= 0.6 is 0 Å². The Morgan fingerprint density at radius 3 is 1.46 bits per heavy atom. The summed E-state index contributed by atoms with van der Waals surface area (Å²) >= 11 is 0. The first-order valence-corrected chi connectivity index (χ1v) is 18.0. The van der Waals surface area contributed by atoms with Crippen molar-refractivity contribution in [3.05, 3.63) is 133 Å². The molecule has 0 atom stereocenters. The summed E-state index contributed by atoms with van der Waals surface area (Å²) in [5.74, 6) is 0. The molecule has 11 nitrogen and oxygen atoms in total. The van der Waals surface area contributed by atoms with Gasteiger partial charge in [-0.1, -0.05) is 78.4 Å². The minimum Gasteiger partial charge on any atom is -0.744 e. The first kappa shape index (κ1) is 39.3. The van der Waals surface area contributed by atoms with Crippen LogP contribution in [0.1, 0.15) is 5.56 Å². The van der Waals surface area contributed by atoms with Crippen molar-refractivity contribution in [1.29, 1.82) is 0 Å². The topological polar surface area (TPSA) is 176 Å². The van der Waals surface area contributed by atoms with Gasteiger partial charge in [-0.2, -0.15) is 0 Å². The number of fused-ring (bicyclic) bond motifs is 3. The standard InChI is InChI=1S/C37H27N5O6S2.2Na/c1-23-15-17-24(18-16-23)38-34-22-21-33(29-11-6-14-36(37(29)34)50(46,47)48)42-41-32-20-19-31(25-7-2-3-8-26(25)32)40-39-30-12-4-10-28-27(30)9-5-13-35(28)49(43,44)45;;/h2-22,38H,1H3,(H,43,44,45)(H,46,47,48);;/q;2*+1/p-2. The third-order valence-corrected chi connectivity index (χ3v) is 9.89. The maximum Gasteiger partial charge on any atom is 1.00 e. The molecule has 7 aromatic rings. The van der Waals surface area contributed by atoms with Gasteiger partial charge in [0.2, 0.25) is 0 Å². The van der Waals surface area contributed by atoms with Crippen molar-refractivity contribution in [2.45, 2.75) is 16.7 Å². The van der Waals surface area contributed by atoms with Crippen molar-refractivity contribution in [3.8, 4) is 0 Å². The van der Waals surface area contributed by atoms with Crippen LogP contribution in [0.25, 0.3) is 32.3 Å². The maximum atomic E-state index is 12.3. The Hall–Kier alpha value is -3.86. The molecule has 0 bridgehead atoms. The van der Waals surface area contributed by atoms with Crippen molar-refractivity contribution in [2.24, 2.45) is 20.5 Å². The van der Waals surface area contributed by atoms with Gasteiger partial charge in [-0.15, -0.1) is 20.5 Å². The zero-order chi connectivity index (χ0) is 35.0. The Balaban J connectivity index is 0.00000261. The molecule has 52 heavy (non-hydrogen) atoms. The van der Waals surface area contributed by atoms with Crippen LogP contribution in [0, 0.1) is 6.92 Å². The Morgan fingerprint density at radius 2 is 0.885 bits per heavy atom. The molecule has 7 rings (SSSR count). The second kappa shape index (κ2) is 16.0. The van der Waals surface area contributed by atoms with Crippen LogP contribution in [-0.2, 0) is 20.2 Å². The predicted octanol–water partition coefficient (Wildman–Crippen LogP) is 3.85. The Bertz CT molecular complexity index is 2760. The number of hydrogen-bond donors (Lipinski definition) is 1. The first-order valence-electron chi connectivity index (χ1n) is 15.2. The molecule has 0 unspecified atom stereocenters. The molecule has 0 radical (unpaired) electrons. The van der Waals surface area contributed by atoms with E-state index in [1.54, 1.807) is 54.6 Å². The SMILES string of the molecule is Cc1ccc(Nc2ccc(N=Nc3ccc(N=Nc4cccc5c(S(=O)(=O)[O-])cccc45)c4ccccc34)c3cccc(S(=O)(=O)[O-])c23)cc1.[Na+].[Na+]. The third-order valence-electron chi connectivity index (χ3n) is 8.12. The number of rotatable bonds is 8. The van der Waals surface area contributed by atoms with Crippen LogP contribution in [0.3, 0.4) is 0 Å². The molecule has 15 heteroatoms. The maximum absolute atomic E-state index is 12.3. The van der Waals surface area contributed by atoms with Crippen molar-refractivity contribution in [1.82, 2.24) is 0 Å². The second-order valence-electron chi connectivity index (χ2n) is 11.4. The number of benzene rings is 7. The van der Waals surface area contributed by atoms with E-state index in [1.165, 1.54) is 24.3 Å². The van der Waals surface area contributed by atoms with E-state index in [0.29, 0.717) is 55.7 Å². The monoisotopic (exact) mass is 745 g/mol. The molecule has 0 fully saturated rings. The largest absolute Gasteiger partial charge is 1.00 e. The molecule has 0 heterocycles. The quantitative estimate of drug-likeness (QED) is 0.140. The molecule has 0 saturated carbocycles. The van der Waals surface area contributed by atoms with Crippen molar-refractivity contribution in [3.63, 3.8) is 0 Å². The van der Waals surface area contributed by atoms with Gasteiger partial charge in [-0.3, -0.25) is 0 Å². The van der Waals surface area contributed by atoms with Crippen molar-refractivity contribution in [2.75, 3.05) is 5.32 Å². The van der Waals surface area contributed by atoms with Crippen LogP contribution in [-0.4, -0.2) is 25.9 Å². The molecular weight excluding hydrogens is 721 g/mol. The zero-order valence-electron chi connectivity index (χ0n) is 28.2. The summed E-state index contributed by atoms with van der Waals surface area (Å²) in [4.78, 5) is -0.707. The van der Waals surface area contributed by atoms with Crippen LogP contribution < -0.4 is 64.4 Å². The van der Waals surface area contributed by atoms with E-state index in [2.05, 4.69) is 25.8 Å². The molecule has 7 aromatic carbocycles. The first-order chi connectivity index (χ1) is 24.0. The van der Waals surface area contributed by atoms with E-state index >= 15 is 0 Å². The molecule has 1 N–H and O–H groups in total. The number of nitrogens with one attached hydrogen (secondary N) is 1. The van der Waals surface area contributed by atoms with Crippen molar-refractivity contribution < 1.29 is 85.1 Å². The van der Waals surface area contributed by atoms with E-state index in [0.717, 1.165) is 5.56 Å². The van der Waals surface area contributed by atoms with Gasteiger partial charge < -0.3 is 14.4 Å². The number of azo groups is 2. The molecule has 0 aliphatic carbocycles. The van der Waals surface area contributed by atoms with Crippen LogP contribution in [0.4, 0.5) is 34.1 Å². The molecule has 0 spiro atoms. The van der Waals surface area contributed by atoms with Gasteiger partial charge in [-0.05, 0) is 61.5 Å². The normalized spacial score (nSPS) is 12.0. The van der Waals surface area contributed by atoms with Gasteiger partial charge in [0.1, 0.15) is 20.2 Å². The minimum absolute atomic E-state index is 0. The van der Waals surface area contributed by atoms with Gasteiger partial charge in [0.25, 0.3) is 0 Å². The van der Waals surface area contributed by atoms with Gasteiger partial charge in [0.15, 0.2) is 0 Å².